The summed E-state index contributed by atoms with van der Waals surface area (Å²) in [6, 6.07) is 10.2. The lowest BCUT2D eigenvalue weighted by atomic mass is 10.1. The molecule has 150 valence electrons. The van der Waals surface area contributed by atoms with E-state index < -0.39 is 15.8 Å². The Labute approximate surface area is 164 Å². The molecule has 1 aliphatic rings. The van der Waals surface area contributed by atoms with Gasteiger partial charge in [0, 0.05) is 32.2 Å². The van der Waals surface area contributed by atoms with Gasteiger partial charge in [0.1, 0.15) is 11.6 Å². The van der Waals surface area contributed by atoms with Crippen molar-refractivity contribution >= 4 is 15.9 Å². The lowest BCUT2D eigenvalue weighted by molar-refractivity contribution is 0.0789. The minimum atomic E-state index is -3.92. The van der Waals surface area contributed by atoms with E-state index in [4.69, 9.17) is 4.74 Å². The van der Waals surface area contributed by atoms with Crippen molar-refractivity contribution in [1.29, 1.82) is 0 Å². The highest BCUT2D eigenvalue weighted by Crippen LogP contribution is 2.27. The SMILES string of the molecule is COc1ccc(S(=O)(=O)N(C)Cc2ccccc2F)cc1C(=O)N1CCCC1. The molecular formula is C20H23FN2O4S. The van der Waals surface area contributed by atoms with Gasteiger partial charge >= 0.3 is 0 Å². The number of nitrogens with zero attached hydrogens (tertiary/aromatic N) is 2. The molecule has 28 heavy (non-hydrogen) atoms. The van der Waals surface area contributed by atoms with Crippen molar-refractivity contribution in [2.45, 2.75) is 24.3 Å². The zero-order chi connectivity index (χ0) is 20.3. The summed E-state index contributed by atoms with van der Waals surface area (Å²) in [7, 11) is -1.10. The quantitative estimate of drug-likeness (QED) is 0.740. The van der Waals surface area contributed by atoms with Crippen LogP contribution in [0.15, 0.2) is 47.4 Å². The van der Waals surface area contributed by atoms with Crippen molar-refractivity contribution in [2.24, 2.45) is 0 Å². The molecule has 6 nitrogen and oxygen atoms in total. The maximum absolute atomic E-state index is 13.9. The topological polar surface area (TPSA) is 66.9 Å². The molecule has 1 aliphatic heterocycles. The highest BCUT2D eigenvalue weighted by molar-refractivity contribution is 7.89. The Morgan fingerprint density at radius 3 is 2.50 bits per heavy atom. The number of methoxy groups -OCH3 is 1. The molecule has 1 amide bonds. The Bertz CT molecular complexity index is 972. The average Bonchev–Trinajstić information content (AvgIpc) is 3.23. The third kappa shape index (κ3) is 4.02. The summed E-state index contributed by atoms with van der Waals surface area (Å²) >= 11 is 0. The molecule has 0 saturated carbocycles. The third-order valence-corrected chi connectivity index (χ3v) is 6.65. The summed E-state index contributed by atoms with van der Waals surface area (Å²) in [6.45, 7) is 1.18. The van der Waals surface area contributed by atoms with Crippen molar-refractivity contribution in [3.63, 3.8) is 0 Å². The zero-order valence-electron chi connectivity index (χ0n) is 15.9. The van der Waals surface area contributed by atoms with Crippen molar-refractivity contribution in [3.05, 3.63) is 59.4 Å². The molecule has 1 heterocycles. The van der Waals surface area contributed by atoms with Gasteiger partial charge in [-0.1, -0.05) is 18.2 Å². The smallest absolute Gasteiger partial charge is 0.257 e. The van der Waals surface area contributed by atoms with Gasteiger partial charge in [-0.15, -0.1) is 0 Å². The molecule has 0 bridgehead atoms. The molecular weight excluding hydrogens is 383 g/mol. The van der Waals surface area contributed by atoms with Crippen molar-refractivity contribution < 1.29 is 22.3 Å². The van der Waals surface area contributed by atoms with E-state index >= 15 is 0 Å². The van der Waals surface area contributed by atoms with E-state index in [1.807, 2.05) is 0 Å². The normalized spacial score (nSPS) is 14.5. The molecule has 3 rings (SSSR count). The van der Waals surface area contributed by atoms with E-state index in [1.165, 1.54) is 44.5 Å². The fraction of sp³-hybridized carbons (Fsp3) is 0.350. The number of carbonyl (C=O) groups excluding carboxylic acids is 1. The Morgan fingerprint density at radius 1 is 1.18 bits per heavy atom. The van der Waals surface area contributed by atoms with Crippen LogP contribution in [-0.4, -0.2) is 50.8 Å². The largest absolute Gasteiger partial charge is 0.496 e. The predicted octanol–water partition coefficient (Wildman–Crippen LogP) is 2.89. The molecule has 1 fully saturated rings. The first kappa shape index (κ1) is 20.3. The maximum Gasteiger partial charge on any atom is 0.257 e. The first-order valence-corrected chi connectivity index (χ1v) is 10.5. The predicted molar refractivity (Wildman–Crippen MR) is 103 cm³/mol. The Hall–Kier alpha value is -2.45. The number of halogens is 1. The fourth-order valence-electron chi connectivity index (χ4n) is 3.24. The molecule has 1 saturated heterocycles. The second kappa shape index (κ2) is 8.28. The van der Waals surface area contributed by atoms with Crippen molar-refractivity contribution in [3.8, 4) is 5.75 Å². The lowest BCUT2D eigenvalue weighted by Crippen LogP contribution is -2.29. The van der Waals surface area contributed by atoms with Crippen LogP contribution in [0.3, 0.4) is 0 Å². The van der Waals surface area contributed by atoms with Gasteiger partial charge in [0.05, 0.1) is 17.6 Å². The number of rotatable bonds is 6. The monoisotopic (exact) mass is 406 g/mol. The molecule has 2 aromatic carbocycles. The number of likely N-dealkylation sites (tertiary alicyclic amines) is 1. The number of benzene rings is 2. The fourth-order valence-corrected chi connectivity index (χ4v) is 4.41. The van der Waals surface area contributed by atoms with Crippen LogP contribution in [0.25, 0.3) is 0 Å². The van der Waals surface area contributed by atoms with Gasteiger partial charge in [-0.25, -0.2) is 12.8 Å². The number of hydrogen-bond acceptors (Lipinski definition) is 4. The van der Waals surface area contributed by atoms with E-state index in [0.717, 1.165) is 17.1 Å². The second-order valence-corrected chi connectivity index (χ2v) is 8.76. The first-order chi connectivity index (χ1) is 13.3. The lowest BCUT2D eigenvalue weighted by Gasteiger charge is -2.20. The van der Waals surface area contributed by atoms with E-state index in [9.17, 15) is 17.6 Å². The minimum absolute atomic E-state index is 0.0327. The summed E-state index contributed by atoms with van der Waals surface area (Å²) in [5.74, 6) is -0.389. The van der Waals surface area contributed by atoms with Crippen LogP contribution < -0.4 is 4.74 Å². The van der Waals surface area contributed by atoms with Crippen LogP contribution in [-0.2, 0) is 16.6 Å². The van der Waals surface area contributed by atoms with E-state index in [1.54, 1.807) is 17.0 Å². The molecule has 0 atom stereocenters. The molecule has 0 radical (unpaired) electrons. The average molecular weight is 406 g/mol. The molecule has 0 aliphatic carbocycles. The van der Waals surface area contributed by atoms with Crippen LogP contribution in [0.4, 0.5) is 4.39 Å². The summed E-state index contributed by atoms with van der Waals surface area (Å²) in [4.78, 5) is 14.5. The number of ether oxygens (including phenoxy) is 1. The zero-order valence-corrected chi connectivity index (χ0v) is 16.7. The maximum atomic E-state index is 13.9. The molecule has 0 spiro atoms. The third-order valence-electron chi connectivity index (χ3n) is 4.85. The minimum Gasteiger partial charge on any atom is -0.496 e. The van der Waals surface area contributed by atoms with Crippen LogP contribution >= 0.6 is 0 Å². The first-order valence-electron chi connectivity index (χ1n) is 9.01. The number of carbonyl (C=O) groups is 1. The van der Waals surface area contributed by atoms with Gasteiger partial charge in [-0.3, -0.25) is 4.79 Å². The van der Waals surface area contributed by atoms with E-state index in [2.05, 4.69) is 0 Å². The van der Waals surface area contributed by atoms with Crippen molar-refractivity contribution in [1.82, 2.24) is 9.21 Å². The van der Waals surface area contributed by atoms with Gasteiger partial charge in [-0.2, -0.15) is 4.31 Å². The number of hydrogen-bond donors (Lipinski definition) is 0. The van der Waals surface area contributed by atoms with Crippen LogP contribution in [0.5, 0.6) is 5.75 Å². The molecule has 8 heteroatoms. The van der Waals surface area contributed by atoms with Crippen LogP contribution in [0, 0.1) is 5.82 Å². The molecule has 0 aromatic heterocycles. The van der Waals surface area contributed by atoms with E-state index in [0.29, 0.717) is 18.8 Å². The van der Waals surface area contributed by atoms with Gasteiger partial charge in [0.25, 0.3) is 5.91 Å². The van der Waals surface area contributed by atoms with Crippen LogP contribution in [0.2, 0.25) is 0 Å². The Kier molecular flexibility index (Phi) is 6.00. The number of amides is 1. The Balaban J connectivity index is 1.92. The van der Waals surface area contributed by atoms with Gasteiger partial charge in [0.15, 0.2) is 0 Å². The molecule has 0 unspecified atom stereocenters. The Morgan fingerprint density at radius 2 is 1.86 bits per heavy atom. The van der Waals surface area contributed by atoms with Gasteiger partial charge in [-0.05, 0) is 37.1 Å². The summed E-state index contributed by atoms with van der Waals surface area (Å²) in [5, 5.41) is 0. The highest BCUT2D eigenvalue weighted by atomic mass is 32.2. The molecule has 2 aromatic rings. The standard InChI is InChI=1S/C20H23FN2O4S/c1-22(14-15-7-3-4-8-18(15)21)28(25,26)16-9-10-19(27-2)17(13-16)20(24)23-11-5-6-12-23/h3-4,7-10,13H,5-6,11-12,14H2,1-2H3. The number of sulfonamides is 1. The summed E-state index contributed by atoms with van der Waals surface area (Å²) in [5.41, 5.74) is 0.486. The van der Waals surface area contributed by atoms with Crippen LogP contribution in [0.1, 0.15) is 28.8 Å². The summed E-state index contributed by atoms with van der Waals surface area (Å²) < 4.78 is 46.2. The van der Waals surface area contributed by atoms with Gasteiger partial charge < -0.3 is 9.64 Å². The van der Waals surface area contributed by atoms with Crippen molar-refractivity contribution in [2.75, 3.05) is 27.2 Å². The van der Waals surface area contributed by atoms with E-state index in [-0.39, 0.29) is 28.5 Å². The second-order valence-electron chi connectivity index (χ2n) is 6.71. The molecule has 0 N–H and O–H groups in total. The highest BCUT2D eigenvalue weighted by Gasteiger charge is 2.27. The summed E-state index contributed by atoms with van der Waals surface area (Å²) in [6.07, 6.45) is 1.86. The van der Waals surface area contributed by atoms with Gasteiger partial charge in [0.2, 0.25) is 10.0 Å².